The molecule has 0 saturated carbocycles. The van der Waals surface area contributed by atoms with Crippen LogP contribution in [0.15, 0.2) is 12.3 Å². The molecule has 102 valence electrons. The van der Waals surface area contributed by atoms with Gasteiger partial charge in [0.2, 0.25) is 6.20 Å². The van der Waals surface area contributed by atoms with E-state index in [9.17, 15) is 14.9 Å². The highest BCUT2D eigenvalue weighted by Gasteiger charge is 2.30. The van der Waals surface area contributed by atoms with Gasteiger partial charge in [-0.25, -0.2) is 4.79 Å². The Bertz CT molecular complexity index is 348. The molecule has 0 aromatic heterocycles. The number of morpholine rings is 1. The van der Waals surface area contributed by atoms with Crippen LogP contribution in [0, 0.1) is 10.1 Å². The third-order valence-corrected chi connectivity index (χ3v) is 2.22. The summed E-state index contributed by atoms with van der Waals surface area (Å²) in [5.41, 5.74) is -0.591. The van der Waals surface area contributed by atoms with E-state index >= 15 is 0 Å². The van der Waals surface area contributed by atoms with Crippen molar-refractivity contribution in [1.82, 2.24) is 4.90 Å². The number of hydrogen-bond donors (Lipinski definition) is 0. The molecule has 1 amide bonds. The standard InChI is InChI=1S/C11H18N2O5/c1-11(2,3)18-10(14)12-6-7-17-8-9(12)4-5-13(15)16/h4-5,9H,6-8H2,1-3H3/b5-4+. The van der Waals surface area contributed by atoms with Gasteiger partial charge in [-0.15, -0.1) is 0 Å². The first-order valence-corrected chi connectivity index (χ1v) is 5.69. The second-order valence-corrected chi connectivity index (χ2v) is 4.94. The molecule has 0 aromatic carbocycles. The lowest BCUT2D eigenvalue weighted by Crippen LogP contribution is -2.49. The van der Waals surface area contributed by atoms with Crippen LogP contribution >= 0.6 is 0 Å². The van der Waals surface area contributed by atoms with E-state index in [2.05, 4.69) is 0 Å². The Hall–Kier alpha value is -1.63. The van der Waals surface area contributed by atoms with Crippen molar-refractivity contribution in [3.05, 3.63) is 22.4 Å². The number of nitrogens with zero attached hydrogens (tertiary/aromatic N) is 2. The van der Waals surface area contributed by atoms with Gasteiger partial charge in [0, 0.05) is 12.6 Å². The van der Waals surface area contributed by atoms with Gasteiger partial charge in [-0.05, 0) is 20.8 Å². The molecular formula is C11H18N2O5. The summed E-state index contributed by atoms with van der Waals surface area (Å²) in [6.07, 6.45) is 1.67. The highest BCUT2D eigenvalue weighted by atomic mass is 16.6. The maximum atomic E-state index is 11.9. The van der Waals surface area contributed by atoms with Gasteiger partial charge < -0.3 is 9.47 Å². The van der Waals surface area contributed by atoms with Crippen molar-refractivity contribution in [3.63, 3.8) is 0 Å². The van der Waals surface area contributed by atoms with Gasteiger partial charge in [0.05, 0.1) is 24.2 Å². The fourth-order valence-electron chi connectivity index (χ4n) is 1.50. The average Bonchev–Trinajstić information content (AvgIpc) is 2.24. The largest absolute Gasteiger partial charge is 0.444 e. The van der Waals surface area contributed by atoms with Crippen molar-refractivity contribution in [3.8, 4) is 0 Å². The molecule has 7 heteroatoms. The molecule has 0 aromatic rings. The number of nitro groups is 1. The lowest BCUT2D eigenvalue weighted by molar-refractivity contribution is -0.402. The van der Waals surface area contributed by atoms with Crippen LogP contribution in [0.25, 0.3) is 0 Å². The molecule has 1 aliphatic rings. The van der Waals surface area contributed by atoms with Crippen LogP contribution in [0.4, 0.5) is 4.79 Å². The zero-order valence-corrected chi connectivity index (χ0v) is 10.8. The van der Waals surface area contributed by atoms with Crippen LogP contribution in [0.3, 0.4) is 0 Å². The summed E-state index contributed by atoms with van der Waals surface area (Å²) in [5, 5.41) is 10.3. The minimum absolute atomic E-state index is 0.240. The maximum absolute atomic E-state index is 11.9. The van der Waals surface area contributed by atoms with Crippen molar-refractivity contribution in [2.24, 2.45) is 0 Å². The predicted molar refractivity (Wildman–Crippen MR) is 63.7 cm³/mol. The molecule has 1 rings (SSSR count). The Morgan fingerprint density at radius 2 is 2.22 bits per heavy atom. The minimum Gasteiger partial charge on any atom is -0.444 e. The van der Waals surface area contributed by atoms with Crippen molar-refractivity contribution in [2.75, 3.05) is 19.8 Å². The van der Waals surface area contributed by atoms with E-state index in [4.69, 9.17) is 9.47 Å². The van der Waals surface area contributed by atoms with Crippen LogP contribution in [0.2, 0.25) is 0 Å². The second kappa shape index (κ2) is 5.81. The van der Waals surface area contributed by atoms with Gasteiger partial charge in [-0.2, -0.15) is 0 Å². The zero-order chi connectivity index (χ0) is 13.8. The van der Waals surface area contributed by atoms with E-state index < -0.39 is 22.7 Å². The Kier molecular flexibility index (Phi) is 4.66. The van der Waals surface area contributed by atoms with Crippen molar-refractivity contribution < 1.29 is 19.2 Å². The third kappa shape index (κ3) is 4.70. The van der Waals surface area contributed by atoms with E-state index in [0.717, 1.165) is 6.20 Å². The van der Waals surface area contributed by atoms with Gasteiger partial charge >= 0.3 is 6.09 Å². The summed E-state index contributed by atoms with van der Waals surface area (Å²) in [7, 11) is 0. The minimum atomic E-state index is -0.591. The monoisotopic (exact) mass is 258 g/mol. The average molecular weight is 258 g/mol. The normalized spacial score (nSPS) is 21.1. The number of hydrogen-bond acceptors (Lipinski definition) is 5. The Morgan fingerprint density at radius 3 is 2.78 bits per heavy atom. The Morgan fingerprint density at radius 1 is 1.56 bits per heavy atom. The summed E-state index contributed by atoms with van der Waals surface area (Å²) in [6.45, 7) is 6.32. The fourth-order valence-corrected chi connectivity index (χ4v) is 1.50. The summed E-state index contributed by atoms with van der Waals surface area (Å²) in [6, 6.07) is -0.459. The first-order chi connectivity index (χ1) is 8.29. The van der Waals surface area contributed by atoms with Gasteiger partial charge in [-0.1, -0.05) is 0 Å². The van der Waals surface area contributed by atoms with Crippen LogP contribution in [-0.2, 0) is 9.47 Å². The Balaban J connectivity index is 2.70. The fraction of sp³-hybridized carbons (Fsp3) is 0.727. The highest BCUT2D eigenvalue weighted by molar-refractivity contribution is 5.69. The molecule has 18 heavy (non-hydrogen) atoms. The summed E-state index contributed by atoms with van der Waals surface area (Å²) in [5.74, 6) is 0. The van der Waals surface area contributed by atoms with Crippen LogP contribution in [0.1, 0.15) is 20.8 Å². The van der Waals surface area contributed by atoms with Gasteiger partial charge in [0.25, 0.3) is 0 Å². The molecule has 0 bridgehead atoms. The van der Waals surface area contributed by atoms with Crippen molar-refractivity contribution >= 4 is 6.09 Å². The maximum Gasteiger partial charge on any atom is 0.410 e. The van der Waals surface area contributed by atoms with Gasteiger partial charge in [-0.3, -0.25) is 15.0 Å². The summed E-state index contributed by atoms with van der Waals surface area (Å²) >= 11 is 0. The third-order valence-electron chi connectivity index (χ3n) is 2.22. The molecule has 0 spiro atoms. The molecule has 1 unspecified atom stereocenters. The number of carbonyl (C=O) groups excluding carboxylic acids is 1. The first-order valence-electron chi connectivity index (χ1n) is 5.69. The zero-order valence-electron chi connectivity index (χ0n) is 10.8. The number of ether oxygens (including phenoxy) is 2. The molecular weight excluding hydrogens is 240 g/mol. The molecule has 1 fully saturated rings. The van der Waals surface area contributed by atoms with E-state index in [1.165, 1.54) is 11.0 Å². The van der Waals surface area contributed by atoms with Crippen molar-refractivity contribution in [1.29, 1.82) is 0 Å². The SMILES string of the molecule is CC(C)(C)OC(=O)N1CCOCC1/C=C/[N+](=O)[O-]. The molecule has 7 nitrogen and oxygen atoms in total. The van der Waals surface area contributed by atoms with Crippen molar-refractivity contribution in [2.45, 2.75) is 32.4 Å². The summed E-state index contributed by atoms with van der Waals surface area (Å²) < 4.78 is 10.4. The van der Waals surface area contributed by atoms with Crippen LogP contribution in [-0.4, -0.2) is 47.3 Å². The molecule has 0 aliphatic carbocycles. The summed E-state index contributed by atoms with van der Waals surface area (Å²) in [4.78, 5) is 23.1. The predicted octanol–water partition coefficient (Wildman–Crippen LogP) is 1.41. The first kappa shape index (κ1) is 14.4. The number of amides is 1. The lowest BCUT2D eigenvalue weighted by Gasteiger charge is -2.34. The second-order valence-electron chi connectivity index (χ2n) is 4.94. The van der Waals surface area contributed by atoms with E-state index in [-0.39, 0.29) is 6.61 Å². The molecule has 0 N–H and O–H groups in total. The molecule has 0 radical (unpaired) electrons. The van der Waals surface area contributed by atoms with E-state index in [0.29, 0.717) is 13.2 Å². The van der Waals surface area contributed by atoms with Gasteiger partial charge in [0.15, 0.2) is 0 Å². The van der Waals surface area contributed by atoms with Crippen LogP contribution in [0.5, 0.6) is 0 Å². The molecule has 1 atom stereocenters. The topological polar surface area (TPSA) is 81.9 Å². The van der Waals surface area contributed by atoms with Gasteiger partial charge in [0.1, 0.15) is 5.60 Å². The quantitative estimate of drug-likeness (QED) is 0.552. The molecule has 1 saturated heterocycles. The number of rotatable bonds is 2. The smallest absolute Gasteiger partial charge is 0.410 e. The molecule has 1 aliphatic heterocycles. The van der Waals surface area contributed by atoms with E-state index in [1.54, 1.807) is 20.8 Å². The van der Waals surface area contributed by atoms with E-state index in [1.807, 2.05) is 0 Å². The lowest BCUT2D eigenvalue weighted by atomic mass is 10.2. The highest BCUT2D eigenvalue weighted by Crippen LogP contribution is 2.15. The Labute approximate surface area is 105 Å². The van der Waals surface area contributed by atoms with Crippen LogP contribution < -0.4 is 0 Å². The number of carbonyl (C=O) groups is 1. The molecule has 1 heterocycles.